The first-order valence-electron chi connectivity index (χ1n) is 10.1. The minimum atomic E-state index is -0.0763. The highest BCUT2D eigenvalue weighted by Crippen LogP contribution is 2.28. The number of pyridine rings is 1. The van der Waals surface area contributed by atoms with Gasteiger partial charge in [-0.2, -0.15) is 0 Å². The Morgan fingerprint density at radius 2 is 1.93 bits per heavy atom. The van der Waals surface area contributed by atoms with Crippen LogP contribution in [0.3, 0.4) is 0 Å². The Kier molecular flexibility index (Phi) is 8.29. The summed E-state index contributed by atoms with van der Waals surface area (Å²) in [5, 5.41) is 2.86. The van der Waals surface area contributed by atoms with Crippen LogP contribution in [0.15, 0.2) is 36.5 Å². The van der Waals surface area contributed by atoms with E-state index in [-0.39, 0.29) is 5.91 Å². The molecular formula is C22H29N3O5. The molecule has 8 heteroatoms. The molecule has 30 heavy (non-hydrogen) atoms. The fraction of sp³-hybridized carbons (Fsp3) is 0.455. The Morgan fingerprint density at radius 3 is 2.63 bits per heavy atom. The predicted octanol–water partition coefficient (Wildman–Crippen LogP) is 2.38. The smallest absolute Gasteiger partial charge is 0.224 e. The Bertz CT molecular complexity index is 807. The molecule has 1 aliphatic rings. The summed E-state index contributed by atoms with van der Waals surface area (Å²) in [4.78, 5) is 18.8. The lowest BCUT2D eigenvalue weighted by Gasteiger charge is -2.26. The molecule has 0 unspecified atom stereocenters. The van der Waals surface area contributed by atoms with Gasteiger partial charge in [-0.3, -0.25) is 9.69 Å². The van der Waals surface area contributed by atoms with Gasteiger partial charge in [0.2, 0.25) is 11.8 Å². The summed E-state index contributed by atoms with van der Waals surface area (Å²) >= 11 is 0. The van der Waals surface area contributed by atoms with E-state index in [0.717, 1.165) is 38.4 Å². The lowest BCUT2D eigenvalue weighted by Crippen LogP contribution is -2.38. The summed E-state index contributed by atoms with van der Waals surface area (Å²) in [5.41, 5.74) is 1.65. The highest BCUT2D eigenvalue weighted by molar-refractivity contribution is 5.90. The number of benzene rings is 1. The number of amides is 1. The minimum Gasteiger partial charge on any atom is -0.493 e. The van der Waals surface area contributed by atoms with Crippen LogP contribution in [0.4, 0.5) is 5.69 Å². The van der Waals surface area contributed by atoms with Gasteiger partial charge in [-0.15, -0.1) is 0 Å². The number of methoxy groups -OCH3 is 2. The lowest BCUT2D eigenvalue weighted by atomic mass is 10.1. The normalized spacial score (nSPS) is 14.2. The van der Waals surface area contributed by atoms with Crippen LogP contribution in [-0.2, 0) is 16.0 Å². The quantitative estimate of drug-likeness (QED) is 0.638. The maximum absolute atomic E-state index is 12.3. The van der Waals surface area contributed by atoms with Crippen LogP contribution < -0.4 is 19.5 Å². The van der Waals surface area contributed by atoms with Crippen molar-refractivity contribution in [1.29, 1.82) is 0 Å². The van der Waals surface area contributed by atoms with Crippen molar-refractivity contribution < 1.29 is 23.7 Å². The third-order valence-electron chi connectivity index (χ3n) is 4.87. The molecule has 2 aromatic rings. The molecule has 1 saturated heterocycles. The fourth-order valence-corrected chi connectivity index (χ4v) is 3.16. The number of nitrogens with one attached hydrogen (secondary N) is 1. The van der Waals surface area contributed by atoms with Gasteiger partial charge in [0, 0.05) is 32.1 Å². The van der Waals surface area contributed by atoms with Gasteiger partial charge in [-0.1, -0.05) is 6.07 Å². The van der Waals surface area contributed by atoms with Crippen LogP contribution in [0.1, 0.15) is 12.0 Å². The number of carbonyl (C=O) groups is 1. The molecule has 0 aliphatic carbocycles. The molecule has 1 aromatic carbocycles. The molecule has 0 bridgehead atoms. The number of anilines is 1. The number of ether oxygens (including phenoxy) is 4. The van der Waals surface area contributed by atoms with E-state index in [9.17, 15) is 4.79 Å². The van der Waals surface area contributed by atoms with Gasteiger partial charge in [0.25, 0.3) is 0 Å². The summed E-state index contributed by atoms with van der Waals surface area (Å²) in [6, 6.07) is 9.22. The van der Waals surface area contributed by atoms with Crippen molar-refractivity contribution in [3.63, 3.8) is 0 Å². The van der Waals surface area contributed by atoms with Crippen LogP contribution in [0.5, 0.6) is 17.4 Å². The zero-order valence-electron chi connectivity index (χ0n) is 17.6. The molecular weight excluding hydrogens is 386 g/mol. The largest absolute Gasteiger partial charge is 0.493 e. The average molecular weight is 415 g/mol. The molecule has 0 atom stereocenters. The summed E-state index contributed by atoms with van der Waals surface area (Å²) in [6.45, 7) is 4.84. The van der Waals surface area contributed by atoms with Gasteiger partial charge < -0.3 is 24.3 Å². The molecule has 0 spiro atoms. The summed E-state index contributed by atoms with van der Waals surface area (Å²) in [6.07, 6.45) is 2.56. The molecule has 8 nitrogen and oxygen atoms in total. The maximum Gasteiger partial charge on any atom is 0.224 e. The van der Waals surface area contributed by atoms with E-state index < -0.39 is 0 Å². The molecule has 3 rings (SSSR count). The van der Waals surface area contributed by atoms with Crippen molar-refractivity contribution in [1.82, 2.24) is 9.88 Å². The van der Waals surface area contributed by atoms with Gasteiger partial charge in [0.05, 0.1) is 39.3 Å². The molecule has 1 aromatic heterocycles. The lowest BCUT2D eigenvalue weighted by molar-refractivity contribution is -0.116. The second-order valence-corrected chi connectivity index (χ2v) is 6.93. The summed E-state index contributed by atoms with van der Waals surface area (Å²) in [7, 11) is 3.19. The van der Waals surface area contributed by atoms with Gasteiger partial charge in [-0.25, -0.2) is 4.98 Å². The van der Waals surface area contributed by atoms with E-state index >= 15 is 0 Å². The molecule has 1 fully saturated rings. The van der Waals surface area contributed by atoms with Gasteiger partial charge in [0.15, 0.2) is 11.5 Å². The molecule has 0 saturated carbocycles. The first kappa shape index (κ1) is 21.9. The number of hydrogen-bond donors (Lipinski definition) is 1. The van der Waals surface area contributed by atoms with Gasteiger partial charge in [0.1, 0.15) is 6.61 Å². The van der Waals surface area contributed by atoms with E-state index in [1.807, 2.05) is 18.2 Å². The van der Waals surface area contributed by atoms with Crippen molar-refractivity contribution in [2.75, 3.05) is 59.0 Å². The van der Waals surface area contributed by atoms with E-state index in [4.69, 9.17) is 18.9 Å². The third kappa shape index (κ3) is 6.60. The number of rotatable bonds is 10. The number of morpholine rings is 1. The average Bonchev–Trinajstić information content (AvgIpc) is 2.79. The van der Waals surface area contributed by atoms with Crippen LogP contribution >= 0.6 is 0 Å². The molecule has 1 N–H and O–H groups in total. The second-order valence-electron chi connectivity index (χ2n) is 6.93. The second kappa shape index (κ2) is 11.4. The Morgan fingerprint density at radius 1 is 1.13 bits per heavy atom. The Hall–Kier alpha value is -2.84. The number of carbonyl (C=O) groups excluding carboxylic acids is 1. The zero-order chi connectivity index (χ0) is 21.2. The van der Waals surface area contributed by atoms with Crippen LogP contribution in [0.2, 0.25) is 0 Å². The monoisotopic (exact) mass is 415 g/mol. The zero-order valence-corrected chi connectivity index (χ0v) is 17.6. The van der Waals surface area contributed by atoms with E-state index in [0.29, 0.717) is 42.5 Å². The van der Waals surface area contributed by atoms with Gasteiger partial charge >= 0.3 is 0 Å². The van der Waals surface area contributed by atoms with E-state index in [1.54, 1.807) is 32.5 Å². The predicted molar refractivity (Wildman–Crippen MR) is 113 cm³/mol. The van der Waals surface area contributed by atoms with Crippen LogP contribution in [0.25, 0.3) is 0 Å². The molecule has 0 radical (unpaired) electrons. The number of aromatic nitrogens is 1. The highest BCUT2D eigenvalue weighted by Gasteiger charge is 2.10. The van der Waals surface area contributed by atoms with Crippen molar-refractivity contribution in [2.24, 2.45) is 0 Å². The number of aryl methyl sites for hydroxylation is 1. The van der Waals surface area contributed by atoms with Crippen LogP contribution in [-0.4, -0.2) is 69.5 Å². The number of hydrogen-bond acceptors (Lipinski definition) is 7. The molecule has 1 aliphatic heterocycles. The summed E-state index contributed by atoms with van der Waals surface area (Å²) in [5.74, 6) is 1.80. The molecule has 1 amide bonds. The standard InChI is InChI=1S/C22H29N3O5/c1-27-19-6-3-17(15-20(19)28-2)4-7-21(26)24-18-5-8-22(23-16-18)30-14-11-25-9-12-29-13-10-25/h3,5-6,8,15-16H,4,7,9-14H2,1-2H3,(H,24,26). The Balaban J connectivity index is 1.40. The van der Waals surface area contributed by atoms with Crippen molar-refractivity contribution in [2.45, 2.75) is 12.8 Å². The highest BCUT2D eigenvalue weighted by atomic mass is 16.5. The van der Waals surface area contributed by atoms with Gasteiger partial charge in [-0.05, 0) is 30.2 Å². The van der Waals surface area contributed by atoms with E-state index in [2.05, 4.69) is 15.2 Å². The Labute approximate surface area is 177 Å². The van der Waals surface area contributed by atoms with Crippen LogP contribution in [0, 0.1) is 0 Å². The maximum atomic E-state index is 12.3. The first-order chi connectivity index (χ1) is 14.7. The van der Waals surface area contributed by atoms with Crippen molar-refractivity contribution in [3.8, 4) is 17.4 Å². The minimum absolute atomic E-state index is 0.0763. The fourth-order valence-electron chi connectivity index (χ4n) is 3.16. The number of nitrogens with zero attached hydrogens (tertiary/aromatic N) is 2. The third-order valence-corrected chi connectivity index (χ3v) is 4.87. The topological polar surface area (TPSA) is 82.2 Å². The summed E-state index contributed by atoms with van der Waals surface area (Å²) < 4.78 is 21.5. The molecule has 162 valence electrons. The van der Waals surface area contributed by atoms with Crippen molar-refractivity contribution >= 4 is 11.6 Å². The van der Waals surface area contributed by atoms with E-state index in [1.165, 1.54) is 0 Å². The van der Waals surface area contributed by atoms with Crippen molar-refractivity contribution in [3.05, 3.63) is 42.1 Å². The molecule has 2 heterocycles. The first-order valence-corrected chi connectivity index (χ1v) is 10.1. The SMILES string of the molecule is COc1ccc(CCC(=O)Nc2ccc(OCCN3CCOCC3)nc2)cc1OC.